The van der Waals surface area contributed by atoms with Gasteiger partial charge in [0.05, 0.1) is 11.6 Å². The summed E-state index contributed by atoms with van der Waals surface area (Å²) in [6.45, 7) is -0.398. The molecule has 0 fully saturated rings. The Morgan fingerprint density at radius 2 is 1.70 bits per heavy atom. The molecule has 3 rings (SSSR count). The standard InChI is InChI=1S/C21H17BrCl2N2O3S/c22-16-7-4-8-18(11-16)25-21(27)14-26(13-15-5-2-1-3-6-15)30(28,29)20-12-17(23)9-10-19(20)24/h1-12H,13-14H2,(H,25,27). The lowest BCUT2D eigenvalue weighted by molar-refractivity contribution is -0.116. The smallest absolute Gasteiger partial charge is 0.245 e. The van der Waals surface area contributed by atoms with E-state index in [0.717, 1.165) is 14.3 Å². The summed E-state index contributed by atoms with van der Waals surface area (Å²) in [7, 11) is -4.10. The number of hydrogen-bond acceptors (Lipinski definition) is 3. The number of nitrogens with one attached hydrogen (secondary N) is 1. The van der Waals surface area contributed by atoms with Crippen LogP contribution < -0.4 is 5.32 Å². The fraction of sp³-hybridized carbons (Fsp3) is 0.0952. The third kappa shape index (κ3) is 5.83. The summed E-state index contributed by atoms with van der Waals surface area (Å²) >= 11 is 15.5. The predicted octanol–water partition coefficient (Wildman–Crippen LogP) is 5.59. The molecule has 0 aliphatic heterocycles. The van der Waals surface area contributed by atoms with Crippen LogP contribution in [0, 0.1) is 0 Å². The quantitative estimate of drug-likeness (QED) is 0.435. The average molecular weight is 528 g/mol. The SMILES string of the molecule is O=C(CN(Cc1ccccc1)S(=O)(=O)c1cc(Cl)ccc1Cl)Nc1cccc(Br)c1. The Balaban J connectivity index is 1.91. The molecule has 5 nitrogen and oxygen atoms in total. The molecule has 0 aromatic heterocycles. The van der Waals surface area contributed by atoms with Gasteiger partial charge in [-0.2, -0.15) is 4.31 Å². The summed E-state index contributed by atoms with van der Waals surface area (Å²) < 4.78 is 28.6. The first-order chi connectivity index (χ1) is 14.3. The fourth-order valence-electron chi connectivity index (χ4n) is 2.75. The molecule has 0 saturated heterocycles. The Morgan fingerprint density at radius 3 is 2.40 bits per heavy atom. The van der Waals surface area contributed by atoms with Crippen molar-refractivity contribution in [2.75, 3.05) is 11.9 Å². The largest absolute Gasteiger partial charge is 0.325 e. The number of anilines is 1. The average Bonchev–Trinajstić information content (AvgIpc) is 2.70. The second-order valence-electron chi connectivity index (χ2n) is 6.39. The van der Waals surface area contributed by atoms with Crippen molar-refractivity contribution in [1.82, 2.24) is 4.31 Å². The van der Waals surface area contributed by atoms with Gasteiger partial charge >= 0.3 is 0 Å². The molecule has 0 bridgehead atoms. The second kappa shape index (κ2) is 9.94. The van der Waals surface area contributed by atoms with Crippen molar-refractivity contribution in [2.45, 2.75) is 11.4 Å². The van der Waals surface area contributed by atoms with Crippen LogP contribution in [-0.4, -0.2) is 25.2 Å². The molecule has 1 N–H and O–H groups in total. The monoisotopic (exact) mass is 526 g/mol. The highest BCUT2D eigenvalue weighted by atomic mass is 79.9. The van der Waals surface area contributed by atoms with E-state index in [2.05, 4.69) is 21.2 Å². The molecule has 3 aromatic rings. The van der Waals surface area contributed by atoms with E-state index in [1.165, 1.54) is 18.2 Å². The molecular weight excluding hydrogens is 511 g/mol. The number of carbonyl (C=O) groups excluding carboxylic acids is 1. The molecule has 0 spiro atoms. The van der Waals surface area contributed by atoms with Crippen LogP contribution in [0.1, 0.15) is 5.56 Å². The van der Waals surface area contributed by atoms with Gasteiger partial charge < -0.3 is 5.32 Å². The van der Waals surface area contributed by atoms with Crippen LogP contribution in [0.4, 0.5) is 5.69 Å². The van der Waals surface area contributed by atoms with Gasteiger partial charge in [-0.3, -0.25) is 4.79 Å². The van der Waals surface area contributed by atoms with E-state index >= 15 is 0 Å². The van der Waals surface area contributed by atoms with Crippen molar-refractivity contribution in [1.29, 1.82) is 0 Å². The molecule has 0 atom stereocenters. The van der Waals surface area contributed by atoms with Crippen molar-refractivity contribution in [2.24, 2.45) is 0 Å². The van der Waals surface area contributed by atoms with E-state index in [0.29, 0.717) is 5.69 Å². The predicted molar refractivity (Wildman–Crippen MR) is 123 cm³/mol. The molecule has 0 radical (unpaired) electrons. The summed E-state index contributed by atoms with van der Waals surface area (Å²) in [5.41, 5.74) is 1.28. The van der Waals surface area contributed by atoms with E-state index < -0.39 is 22.5 Å². The highest BCUT2D eigenvalue weighted by Gasteiger charge is 2.29. The van der Waals surface area contributed by atoms with E-state index in [4.69, 9.17) is 23.2 Å². The fourth-order valence-corrected chi connectivity index (χ4v) is 5.27. The third-order valence-corrected chi connectivity index (χ3v) is 7.14. The van der Waals surface area contributed by atoms with Crippen LogP contribution in [0.5, 0.6) is 0 Å². The highest BCUT2D eigenvalue weighted by Crippen LogP contribution is 2.28. The molecule has 156 valence electrons. The molecule has 0 saturated carbocycles. The third-order valence-electron chi connectivity index (χ3n) is 4.14. The Morgan fingerprint density at radius 1 is 0.967 bits per heavy atom. The van der Waals surface area contributed by atoms with Gasteiger partial charge in [0.25, 0.3) is 0 Å². The van der Waals surface area contributed by atoms with Gasteiger partial charge in [0.15, 0.2) is 0 Å². The lowest BCUT2D eigenvalue weighted by Crippen LogP contribution is -2.37. The normalized spacial score (nSPS) is 11.5. The Hall–Kier alpha value is -1.90. The summed E-state index contributed by atoms with van der Waals surface area (Å²) in [6.07, 6.45) is 0. The van der Waals surface area contributed by atoms with Gasteiger partial charge in [0.1, 0.15) is 4.90 Å². The van der Waals surface area contributed by atoms with Gasteiger partial charge in [-0.15, -0.1) is 0 Å². The molecular formula is C21H17BrCl2N2O3S. The molecule has 3 aromatic carbocycles. The van der Waals surface area contributed by atoms with Gasteiger partial charge in [0, 0.05) is 21.7 Å². The molecule has 9 heteroatoms. The number of hydrogen-bond donors (Lipinski definition) is 1. The van der Waals surface area contributed by atoms with Crippen molar-refractivity contribution in [3.8, 4) is 0 Å². The van der Waals surface area contributed by atoms with Crippen molar-refractivity contribution < 1.29 is 13.2 Å². The zero-order valence-corrected chi connectivity index (χ0v) is 19.5. The number of halogens is 3. The van der Waals surface area contributed by atoms with Crippen LogP contribution in [-0.2, 0) is 21.4 Å². The zero-order valence-electron chi connectivity index (χ0n) is 15.6. The topological polar surface area (TPSA) is 66.5 Å². The molecule has 0 heterocycles. The second-order valence-corrected chi connectivity index (χ2v) is 10.1. The van der Waals surface area contributed by atoms with E-state index in [1.54, 1.807) is 42.5 Å². The zero-order chi connectivity index (χ0) is 21.7. The summed E-state index contributed by atoms with van der Waals surface area (Å²) in [6, 6.07) is 20.2. The first-order valence-electron chi connectivity index (χ1n) is 8.80. The van der Waals surface area contributed by atoms with Crippen molar-refractivity contribution >= 4 is 60.7 Å². The number of nitrogens with zero attached hydrogens (tertiary/aromatic N) is 1. The van der Waals surface area contributed by atoms with Crippen LogP contribution in [0.25, 0.3) is 0 Å². The maximum atomic E-state index is 13.3. The lowest BCUT2D eigenvalue weighted by atomic mass is 10.2. The number of carbonyl (C=O) groups is 1. The summed E-state index contributed by atoms with van der Waals surface area (Å²) in [5.74, 6) is -0.481. The molecule has 0 aliphatic carbocycles. The van der Waals surface area contributed by atoms with Gasteiger partial charge in [-0.1, -0.05) is 75.5 Å². The van der Waals surface area contributed by atoms with Gasteiger partial charge in [-0.05, 0) is 42.0 Å². The molecule has 0 unspecified atom stereocenters. The Bertz CT molecular complexity index is 1160. The number of benzene rings is 3. The molecule has 30 heavy (non-hydrogen) atoms. The van der Waals surface area contributed by atoms with E-state index in [1.807, 2.05) is 12.1 Å². The Labute approximate surface area is 193 Å². The summed E-state index contributed by atoms with van der Waals surface area (Å²) in [5, 5.41) is 2.98. The van der Waals surface area contributed by atoms with E-state index in [-0.39, 0.29) is 21.5 Å². The van der Waals surface area contributed by atoms with E-state index in [9.17, 15) is 13.2 Å². The van der Waals surface area contributed by atoms with Crippen LogP contribution >= 0.6 is 39.1 Å². The maximum absolute atomic E-state index is 13.3. The Kier molecular flexibility index (Phi) is 7.55. The summed E-state index contributed by atoms with van der Waals surface area (Å²) in [4.78, 5) is 12.5. The van der Waals surface area contributed by atoms with Crippen LogP contribution in [0.3, 0.4) is 0 Å². The van der Waals surface area contributed by atoms with Crippen molar-refractivity contribution in [3.63, 3.8) is 0 Å². The number of amides is 1. The van der Waals surface area contributed by atoms with Crippen molar-refractivity contribution in [3.05, 3.63) is 92.9 Å². The number of rotatable bonds is 7. The van der Waals surface area contributed by atoms with Crippen LogP contribution in [0.15, 0.2) is 82.2 Å². The first-order valence-corrected chi connectivity index (χ1v) is 11.8. The van der Waals surface area contributed by atoms with Gasteiger partial charge in [0.2, 0.25) is 15.9 Å². The van der Waals surface area contributed by atoms with Crippen LogP contribution in [0.2, 0.25) is 10.0 Å². The maximum Gasteiger partial charge on any atom is 0.245 e. The first kappa shape index (κ1) is 22.8. The minimum absolute atomic E-state index is 0.00206. The minimum atomic E-state index is -4.10. The van der Waals surface area contributed by atoms with Gasteiger partial charge in [-0.25, -0.2) is 8.42 Å². The number of sulfonamides is 1. The lowest BCUT2D eigenvalue weighted by Gasteiger charge is -2.22. The molecule has 0 aliphatic rings. The minimum Gasteiger partial charge on any atom is -0.325 e. The molecule has 1 amide bonds. The highest BCUT2D eigenvalue weighted by molar-refractivity contribution is 9.10.